The van der Waals surface area contributed by atoms with Crippen molar-refractivity contribution in [2.45, 2.75) is 26.0 Å². The maximum atomic E-state index is 10.8. The SMILES string of the molecule is Cc1cc(N2C[C@@H](CO)OC[C@H]2C)ccc1[N+](=O)[O-]. The predicted octanol–water partition coefficient (Wildman–Crippen LogP) is 1.49. The van der Waals surface area contributed by atoms with Gasteiger partial charge in [0.25, 0.3) is 5.69 Å². The number of rotatable bonds is 3. The summed E-state index contributed by atoms with van der Waals surface area (Å²) in [4.78, 5) is 12.5. The van der Waals surface area contributed by atoms with Gasteiger partial charge in [-0.05, 0) is 26.0 Å². The fourth-order valence-electron chi connectivity index (χ4n) is 2.31. The summed E-state index contributed by atoms with van der Waals surface area (Å²) in [7, 11) is 0. The Hall–Kier alpha value is -1.66. The van der Waals surface area contributed by atoms with E-state index in [4.69, 9.17) is 4.74 Å². The first-order chi connectivity index (χ1) is 9.02. The lowest BCUT2D eigenvalue weighted by atomic mass is 10.1. The van der Waals surface area contributed by atoms with E-state index >= 15 is 0 Å². The molecule has 6 nitrogen and oxygen atoms in total. The number of nitro benzene ring substituents is 1. The topological polar surface area (TPSA) is 75.8 Å². The number of hydrogen-bond acceptors (Lipinski definition) is 5. The van der Waals surface area contributed by atoms with Gasteiger partial charge < -0.3 is 14.7 Å². The van der Waals surface area contributed by atoms with E-state index in [2.05, 4.69) is 4.90 Å². The van der Waals surface area contributed by atoms with Crippen LogP contribution in [-0.4, -0.2) is 41.9 Å². The van der Waals surface area contributed by atoms with E-state index in [-0.39, 0.29) is 29.4 Å². The van der Waals surface area contributed by atoms with Crippen molar-refractivity contribution in [3.63, 3.8) is 0 Å². The number of ether oxygens (including phenoxy) is 1. The van der Waals surface area contributed by atoms with E-state index < -0.39 is 0 Å². The van der Waals surface area contributed by atoms with Gasteiger partial charge in [0.15, 0.2) is 0 Å². The molecule has 0 aromatic heterocycles. The number of benzene rings is 1. The molecule has 1 heterocycles. The van der Waals surface area contributed by atoms with Crippen molar-refractivity contribution in [3.05, 3.63) is 33.9 Å². The molecule has 1 fully saturated rings. The lowest BCUT2D eigenvalue weighted by Gasteiger charge is -2.39. The predicted molar refractivity (Wildman–Crippen MR) is 71.5 cm³/mol. The average molecular weight is 266 g/mol. The minimum atomic E-state index is -0.377. The van der Waals surface area contributed by atoms with Crippen LogP contribution in [0.4, 0.5) is 11.4 Å². The zero-order valence-electron chi connectivity index (χ0n) is 11.1. The molecule has 2 rings (SSSR count). The summed E-state index contributed by atoms with van der Waals surface area (Å²) in [6, 6.07) is 5.28. The van der Waals surface area contributed by atoms with Crippen LogP contribution in [0.25, 0.3) is 0 Å². The largest absolute Gasteiger partial charge is 0.394 e. The lowest BCUT2D eigenvalue weighted by molar-refractivity contribution is -0.385. The van der Waals surface area contributed by atoms with Crippen molar-refractivity contribution in [2.24, 2.45) is 0 Å². The van der Waals surface area contributed by atoms with Crippen LogP contribution in [0, 0.1) is 17.0 Å². The van der Waals surface area contributed by atoms with Crippen LogP contribution in [0.1, 0.15) is 12.5 Å². The standard InChI is InChI=1S/C13H18N2O4/c1-9-5-11(3-4-13(9)15(17)18)14-6-12(7-16)19-8-10(14)2/h3-5,10,12,16H,6-8H2,1-2H3/t10-,12+/m1/s1. The van der Waals surface area contributed by atoms with Gasteiger partial charge in [0.1, 0.15) is 0 Å². The summed E-state index contributed by atoms with van der Waals surface area (Å²) in [5.74, 6) is 0. The summed E-state index contributed by atoms with van der Waals surface area (Å²) in [5, 5.41) is 20.0. The highest BCUT2D eigenvalue weighted by Crippen LogP contribution is 2.27. The number of aliphatic hydroxyl groups excluding tert-OH is 1. The minimum Gasteiger partial charge on any atom is -0.394 e. The van der Waals surface area contributed by atoms with Gasteiger partial charge in [-0.15, -0.1) is 0 Å². The Morgan fingerprint density at radius 1 is 1.58 bits per heavy atom. The molecule has 1 aromatic rings. The van der Waals surface area contributed by atoms with E-state index in [1.165, 1.54) is 6.07 Å². The molecule has 1 aliphatic rings. The van der Waals surface area contributed by atoms with Crippen LogP contribution in [0.3, 0.4) is 0 Å². The van der Waals surface area contributed by atoms with Crippen LogP contribution in [0.2, 0.25) is 0 Å². The summed E-state index contributed by atoms with van der Waals surface area (Å²) in [6.07, 6.45) is -0.202. The van der Waals surface area contributed by atoms with Crippen LogP contribution in [0.15, 0.2) is 18.2 Å². The molecule has 6 heteroatoms. The maximum Gasteiger partial charge on any atom is 0.272 e. The molecule has 0 saturated carbocycles. The van der Waals surface area contributed by atoms with Crippen LogP contribution < -0.4 is 4.90 Å². The van der Waals surface area contributed by atoms with Crippen molar-refractivity contribution in [1.82, 2.24) is 0 Å². The Kier molecular flexibility index (Phi) is 4.01. The van der Waals surface area contributed by atoms with Crippen LogP contribution in [-0.2, 0) is 4.74 Å². The monoisotopic (exact) mass is 266 g/mol. The van der Waals surface area contributed by atoms with Gasteiger partial charge in [-0.25, -0.2) is 0 Å². The van der Waals surface area contributed by atoms with Gasteiger partial charge in [-0.1, -0.05) is 0 Å². The highest BCUT2D eigenvalue weighted by Gasteiger charge is 2.26. The van der Waals surface area contributed by atoms with E-state index in [0.29, 0.717) is 18.7 Å². The number of morpholine rings is 1. The summed E-state index contributed by atoms with van der Waals surface area (Å²) in [6.45, 7) is 4.88. The molecule has 1 aromatic carbocycles. The second-order valence-corrected chi connectivity index (χ2v) is 4.87. The van der Waals surface area contributed by atoms with Crippen molar-refractivity contribution < 1.29 is 14.8 Å². The lowest BCUT2D eigenvalue weighted by Crippen LogP contribution is -2.49. The first-order valence-electron chi connectivity index (χ1n) is 6.27. The Morgan fingerprint density at radius 3 is 2.89 bits per heavy atom. The van der Waals surface area contributed by atoms with Crippen molar-refractivity contribution >= 4 is 11.4 Å². The zero-order valence-corrected chi connectivity index (χ0v) is 11.1. The number of nitrogens with zero attached hydrogens (tertiary/aromatic N) is 2. The minimum absolute atomic E-state index is 0.0187. The second-order valence-electron chi connectivity index (χ2n) is 4.87. The molecule has 0 spiro atoms. The van der Waals surface area contributed by atoms with Crippen molar-refractivity contribution in [3.8, 4) is 0 Å². The first-order valence-corrected chi connectivity index (χ1v) is 6.27. The molecular formula is C13H18N2O4. The molecule has 0 radical (unpaired) electrons. The summed E-state index contributed by atoms with van der Waals surface area (Å²) in [5.41, 5.74) is 1.70. The van der Waals surface area contributed by atoms with Crippen molar-refractivity contribution in [1.29, 1.82) is 0 Å². The zero-order chi connectivity index (χ0) is 14.0. The number of aliphatic hydroxyl groups is 1. The Labute approximate surface area is 111 Å². The quantitative estimate of drug-likeness (QED) is 0.662. The normalized spacial score (nSPS) is 23.4. The van der Waals surface area contributed by atoms with Gasteiger partial charge >= 0.3 is 0 Å². The second kappa shape index (κ2) is 5.54. The van der Waals surface area contributed by atoms with Gasteiger partial charge in [-0.2, -0.15) is 0 Å². The number of nitro groups is 1. The molecule has 2 atom stereocenters. The van der Waals surface area contributed by atoms with E-state index in [1.807, 2.05) is 13.0 Å². The average Bonchev–Trinajstić information content (AvgIpc) is 2.38. The molecule has 0 unspecified atom stereocenters. The summed E-state index contributed by atoms with van der Waals surface area (Å²) < 4.78 is 5.48. The molecule has 1 aliphatic heterocycles. The molecular weight excluding hydrogens is 248 g/mol. The summed E-state index contributed by atoms with van der Waals surface area (Å²) >= 11 is 0. The van der Waals surface area contributed by atoms with E-state index in [1.54, 1.807) is 13.0 Å². The first kappa shape index (κ1) is 13.8. The molecule has 0 amide bonds. The molecule has 1 N–H and O–H groups in total. The highest BCUT2D eigenvalue weighted by atomic mass is 16.6. The Bertz CT molecular complexity index is 478. The molecule has 0 aliphatic carbocycles. The molecule has 0 bridgehead atoms. The smallest absolute Gasteiger partial charge is 0.272 e. The number of anilines is 1. The van der Waals surface area contributed by atoms with Gasteiger partial charge in [0.2, 0.25) is 0 Å². The maximum absolute atomic E-state index is 10.8. The molecule has 104 valence electrons. The van der Waals surface area contributed by atoms with E-state index in [0.717, 1.165) is 5.69 Å². The Morgan fingerprint density at radius 2 is 2.32 bits per heavy atom. The van der Waals surface area contributed by atoms with Crippen LogP contribution >= 0.6 is 0 Å². The highest BCUT2D eigenvalue weighted by molar-refractivity contribution is 5.56. The van der Waals surface area contributed by atoms with E-state index in [9.17, 15) is 15.2 Å². The van der Waals surface area contributed by atoms with Gasteiger partial charge in [0.05, 0.1) is 24.2 Å². The number of aryl methyl sites for hydroxylation is 1. The third-order valence-corrected chi connectivity index (χ3v) is 3.42. The third-order valence-electron chi connectivity index (χ3n) is 3.42. The number of hydrogen-bond donors (Lipinski definition) is 1. The van der Waals surface area contributed by atoms with Crippen molar-refractivity contribution in [2.75, 3.05) is 24.7 Å². The van der Waals surface area contributed by atoms with Gasteiger partial charge in [-0.3, -0.25) is 10.1 Å². The third kappa shape index (κ3) is 2.85. The van der Waals surface area contributed by atoms with Gasteiger partial charge in [0, 0.05) is 29.9 Å². The Balaban J connectivity index is 2.25. The van der Waals surface area contributed by atoms with Crippen LogP contribution in [0.5, 0.6) is 0 Å². The molecule has 1 saturated heterocycles. The fraction of sp³-hybridized carbons (Fsp3) is 0.538. The fourth-order valence-corrected chi connectivity index (χ4v) is 2.31. The molecule has 19 heavy (non-hydrogen) atoms.